The van der Waals surface area contributed by atoms with Crippen LogP contribution in [0.4, 0.5) is 15.8 Å². The number of rotatable bonds is 3. The molecule has 0 bridgehead atoms. The molecule has 0 saturated heterocycles. The number of hydrogen-bond donors (Lipinski definition) is 2. The molecule has 3 N–H and O–H groups in total. The second kappa shape index (κ2) is 5.84. The van der Waals surface area contributed by atoms with E-state index in [0.29, 0.717) is 10.2 Å². The summed E-state index contributed by atoms with van der Waals surface area (Å²) in [6.45, 7) is 0. The zero-order valence-electron chi connectivity index (χ0n) is 9.99. The van der Waals surface area contributed by atoms with Crippen molar-refractivity contribution in [3.63, 3.8) is 0 Å². The zero-order valence-corrected chi connectivity index (χ0v) is 11.6. The minimum atomic E-state index is -0.472. The molecule has 0 aliphatic carbocycles. The molecular formula is C14H12BrFN2O. The molecule has 0 saturated carbocycles. The number of anilines is 2. The largest absolute Gasteiger partial charge is 0.399 e. The van der Waals surface area contributed by atoms with Gasteiger partial charge in [-0.3, -0.25) is 4.79 Å². The lowest BCUT2D eigenvalue weighted by molar-refractivity contribution is -0.115. The Kier molecular flexibility index (Phi) is 4.16. The maximum atomic E-state index is 13.5. The van der Waals surface area contributed by atoms with Gasteiger partial charge in [-0.2, -0.15) is 0 Å². The van der Waals surface area contributed by atoms with Crippen LogP contribution in [0.2, 0.25) is 0 Å². The summed E-state index contributed by atoms with van der Waals surface area (Å²) >= 11 is 3.20. The summed E-state index contributed by atoms with van der Waals surface area (Å²) in [5, 5.41) is 2.55. The predicted molar refractivity (Wildman–Crippen MR) is 77.3 cm³/mol. The Morgan fingerprint density at radius 2 is 1.89 bits per heavy atom. The summed E-state index contributed by atoms with van der Waals surface area (Å²) in [4.78, 5) is 11.8. The van der Waals surface area contributed by atoms with Crippen molar-refractivity contribution >= 4 is 33.2 Å². The maximum absolute atomic E-state index is 13.5. The summed E-state index contributed by atoms with van der Waals surface area (Å²) in [7, 11) is 0. The van der Waals surface area contributed by atoms with Crippen LogP contribution >= 0.6 is 15.9 Å². The molecule has 0 atom stereocenters. The number of hydrogen-bond acceptors (Lipinski definition) is 2. The molecule has 19 heavy (non-hydrogen) atoms. The van der Waals surface area contributed by atoms with Gasteiger partial charge in [0.1, 0.15) is 5.82 Å². The highest BCUT2D eigenvalue weighted by atomic mass is 79.9. The zero-order chi connectivity index (χ0) is 13.8. The Hall–Kier alpha value is -1.88. The number of nitrogen functional groups attached to an aromatic ring is 1. The van der Waals surface area contributed by atoms with Crippen LogP contribution in [0, 0.1) is 5.82 Å². The molecular weight excluding hydrogens is 311 g/mol. The van der Waals surface area contributed by atoms with Gasteiger partial charge in [0.25, 0.3) is 0 Å². The van der Waals surface area contributed by atoms with E-state index >= 15 is 0 Å². The van der Waals surface area contributed by atoms with Gasteiger partial charge in [0.2, 0.25) is 5.91 Å². The van der Waals surface area contributed by atoms with Crippen molar-refractivity contribution in [2.24, 2.45) is 0 Å². The first kappa shape index (κ1) is 13.5. The molecule has 98 valence electrons. The molecule has 0 heterocycles. The molecule has 2 aromatic carbocycles. The molecule has 3 nitrogen and oxygen atoms in total. The fourth-order valence-electron chi connectivity index (χ4n) is 1.62. The Balaban J connectivity index is 2.07. The van der Waals surface area contributed by atoms with E-state index in [-0.39, 0.29) is 18.0 Å². The number of carbonyl (C=O) groups excluding carboxylic acids is 1. The smallest absolute Gasteiger partial charge is 0.228 e. The highest BCUT2D eigenvalue weighted by Gasteiger charge is 2.10. The molecule has 0 fully saturated rings. The summed E-state index contributed by atoms with van der Waals surface area (Å²) in [5.41, 5.74) is 7.18. The molecule has 5 heteroatoms. The Labute approximate surface area is 118 Å². The van der Waals surface area contributed by atoms with E-state index in [2.05, 4.69) is 21.2 Å². The Bertz CT molecular complexity index is 579. The van der Waals surface area contributed by atoms with Crippen molar-refractivity contribution in [1.82, 2.24) is 0 Å². The number of benzene rings is 2. The van der Waals surface area contributed by atoms with Crippen LogP contribution in [0.5, 0.6) is 0 Å². The first-order valence-electron chi connectivity index (χ1n) is 5.64. The summed E-state index contributed by atoms with van der Waals surface area (Å²) < 4.78 is 14.1. The number of para-hydroxylation sites is 1. The Morgan fingerprint density at radius 3 is 2.53 bits per heavy atom. The van der Waals surface area contributed by atoms with E-state index in [9.17, 15) is 9.18 Å². The van der Waals surface area contributed by atoms with Gasteiger partial charge >= 0.3 is 0 Å². The quantitative estimate of drug-likeness (QED) is 0.851. The molecule has 2 aromatic rings. The van der Waals surface area contributed by atoms with Crippen LogP contribution in [-0.2, 0) is 11.2 Å². The van der Waals surface area contributed by atoms with Crippen LogP contribution in [0.3, 0.4) is 0 Å². The van der Waals surface area contributed by atoms with E-state index < -0.39 is 5.82 Å². The summed E-state index contributed by atoms with van der Waals surface area (Å²) in [5.74, 6) is -0.754. The number of nitrogens with one attached hydrogen (secondary N) is 1. The topological polar surface area (TPSA) is 55.1 Å². The summed E-state index contributed by atoms with van der Waals surface area (Å²) in [6, 6.07) is 11.5. The monoisotopic (exact) mass is 322 g/mol. The average molecular weight is 323 g/mol. The van der Waals surface area contributed by atoms with Gasteiger partial charge in [0.15, 0.2) is 0 Å². The van der Waals surface area contributed by atoms with Gasteiger partial charge in [-0.25, -0.2) is 4.39 Å². The van der Waals surface area contributed by atoms with Gasteiger partial charge < -0.3 is 11.1 Å². The molecule has 0 unspecified atom stereocenters. The van der Waals surface area contributed by atoms with E-state index in [1.54, 1.807) is 36.4 Å². The van der Waals surface area contributed by atoms with E-state index in [1.807, 2.05) is 0 Å². The second-order valence-corrected chi connectivity index (χ2v) is 4.92. The van der Waals surface area contributed by atoms with Crippen molar-refractivity contribution < 1.29 is 9.18 Å². The average Bonchev–Trinajstić information content (AvgIpc) is 2.37. The fourth-order valence-corrected chi connectivity index (χ4v) is 2.06. The third-order valence-electron chi connectivity index (χ3n) is 2.57. The van der Waals surface area contributed by atoms with E-state index in [4.69, 9.17) is 5.73 Å². The highest BCUT2D eigenvalue weighted by molar-refractivity contribution is 9.10. The molecule has 1 amide bonds. The molecule has 0 aliphatic rings. The number of carbonyl (C=O) groups is 1. The third-order valence-corrected chi connectivity index (χ3v) is 3.23. The van der Waals surface area contributed by atoms with Gasteiger partial charge in [-0.15, -0.1) is 0 Å². The van der Waals surface area contributed by atoms with Crippen LogP contribution in [0.25, 0.3) is 0 Å². The van der Waals surface area contributed by atoms with Crippen molar-refractivity contribution in [3.05, 3.63) is 58.3 Å². The van der Waals surface area contributed by atoms with Crippen molar-refractivity contribution in [2.75, 3.05) is 11.1 Å². The lowest BCUT2D eigenvalue weighted by Gasteiger charge is -2.08. The highest BCUT2D eigenvalue weighted by Crippen LogP contribution is 2.25. The maximum Gasteiger partial charge on any atom is 0.228 e. The van der Waals surface area contributed by atoms with E-state index in [0.717, 1.165) is 5.56 Å². The lowest BCUT2D eigenvalue weighted by Crippen LogP contribution is -2.15. The van der Waals surface area contributed by atoms with Gasteiger partial charge in [0.05, 0.1) is 12.1 Å². The molecule has 0 spiro atoms. The second-order valence-electron chi connectivity index (χ2n) is 4.06. The van der Waals surface area contributed by atoms with Crippen LogP contribution < -0.4 is 11.1 Å². The van der Waals surface area contributed by atoms with Crippen LogP contribution in [0.15, 0.2) is 46.9 Å². The summed E-state index contributed by atoms with van der Waals surface area (Å²) in [6.07, 6.45) is 0.168. The molecule has 0 radical (unpaired) electrons. The predicted octanol–water partition coefficient (Wildman–Crippen LogP) is 3.35. The van der Waals surface area contributed by atoms with E-state index in [1.165, 1.54) is 6.07 Å². The standard InChI is InChI=1S/C14H12BrFN2O/c15-11-2-1-3-12(16)14(11)18-13(19)8-9-4-6-10(17)7-5-9/h1-7H,8,17H2,(H,18,19). The SMILES string of the molecule is Nc1ccc(CC(=O)Nc2c(F)cccc2Br)cc1. The van der Waals surface area contributed by atoms with Crippen molar-refractivity contribution in [2.45, 2.75) is 6.42 Å². The molecule has 0 aliphatic heterocycles. The van der Waals surface area contributed by atoms with Gasteiger partial charge in [-0.05, 0) is 45.8 Å². The first-order valence-corrected chi connectivity index (χ1v) is 6.44. The van der Waals surface area contributed by atoms with Gasteiger partial charge in [-0.1, -0.05) is 18.2 Å². The minimum absolute atomic E-state index is 0.156. The van der Waals surface area contributed by atoms with Crippen molar-refractivity contribution in [1.29, 1.82) is 0 Å². The van der Waals surface area contributed by atoms with Crippen LogP contribution in [0.1, 0.15) is 5.56 Å². The minimum Gasteiger partial charge on any atom is -0.399 e. The molecule has 2 rings (SSSR count). The number of amides is 1. The van der Waals surface area contributed by atoms with Crippen LogP contribution in [-0.4, -0.2) is 5.91 Å². The number of nitrogens with two attached hydrogens (primary N) is 1. The molecule has 0 aromatic heterocycles. The normalized spacial score (nSPS) is 10.2. The number of halogens is 2. The Morgan fingerprint density at radius 1 is 1.21 bits per heavy atom. The first-order chi connectivity index (χ1) is 9.06. The van der Waals surface area contributed by atoms with Crippen molar-refractivity contribution in [3.8, 4) is 0 Å². The fraction of sp³-hybridized carbons (Fsp3) is 0.0714. The lowest BCUT2D eigenvalue weighted by atomic mass is 10.1. The third kappa shape index (κ3) is 3.54. The van der Waals surface area contributed by atoms with Gasteiger partial charge in [0, 0.05) is 10.2 Å².